The molecule has 0 atom stereocenters. The Morgan fingerprint density at radius 3 is 2.93 bits per heavy atom. The molecule has 0 fully saturated rings. The number of H-pyrrole nitrogens is 1. The van der Waals surface area contributed by atoms with Crippen LogP contribution in [0.3, 0.4) is 0 Å². The van der Waals surface area contributed by atoms with Gasteiger partial charge in [0.25, 0.3) is 5.56 Å². The fraction of sp³-hybridized carbons (Fsp3) is 0.556. The zero-order chi connectivity index (χ0) is 11.3. The molecule has 0 radical (unpaired) electrons. The summed E-state index contributed by atoms with van der Waals surface area (Å²) in [4.78, 5) is 22.4. The van der Waals surface area contributed by atoms with E-state index in [-0.39, 0.29) is 31.0 Å². The molecule has 6 heteroatoms. The van der Waals surface area contributed by atoms with Crippen molar-refractivity contribution in [3.63, 3.8) is 0 Å². The van der Waals surface area contributed by atoms with Gasteiger partial charge in [0.05, 0.1) is 13.2 Å². The molecule has 0 aliphatic carbocycles. The van der Waals surface area contributed by atoms with E-state index < -0.39 is 0 Å². The summed E-state index contributed by atoms with van der Waals surface area (Å²) in [7, 11) is 0. The quantitative estimate of drug-likeness (QED) is 0.585. The number of hydrogen-bond acceptors (Lipinski definition) is 3. The molecule has 84 valence electrons. The van der Waals surface area contributed by atoms with E-state index >= 15 is 0 Å². The molecule has 3 N–H and O–H groups in total. The first-order valence-electron chi connectivity index (χ1n) is 4.77. The average molecular weight is 213 g/mol. The molecule has 0 spiro atoms. The zero-order valence-corrected chi connectivity index (χ0v) is 8.62. The maximum absolute atomic E-state index is 11.2. The molecule has 6 nitrogen and oxygen atoms in total. The van der Waals surface area contributed by atoms with E-state index in [1.807, 2.05) is 0 Å². The molecule has 0 bridgehead atoms. The molecule has 1 amide bonds. The van der Waals surface area contributed by atoms with Gasteiger partial charge in [-0.3, -0.25) is 19.4 Å². The van der Waals surface area contributed by atoms with Gasteiger partial charge in [-0.25, -0.2) is 0 Å². The maximum Gasteiger partial charge on any atom is 0.266 e. The van der Waals surface area contributed by atoms with Crippen LogP contribution in [0, 0.1) is 6.92 Å². The van der Waals surface area contributed by atoms with Crippen molar-refractivity contribution in [2.24, 2.45) is 0 Å². The van der Waals surface area contributed by atoms with E-state index in [9.17, 15) is 9.59 Å². The number of nitrogens with zero attached hydrogens (tertiary/aromatic N) is 1. The van der Waals surface area contributed by atoms with Gasteiger partial charge in [0.1, 0.15) is 0 Å². The minimum absolute atomic E-state index is 0.0761. The first-order chi connectivity index (χ1) is 7.13. The lowest BCUT2D eigenvalue weighted by atomic mass is 10.4. The first-order valence-corrected chi connectivity index (χ1v) is 4.77. The van der Waals surface area contributed by atoms with E-state index in [2.05, 4.69) is 10.4 Å². The second-order valence-corrected chi connectivity index (χ2v) is 3.25. The van der Waals surface area contributed by atoms with Crippen LogP contribution < -0.4 is 10.9 Å². The van der Waals surface area contributed by atoms with Crippen LogP contribution in [0.15, 0.2) is 10.9 Å². The Morgan fingerprint density at radius 2 is 2.40 bits per heavy atom. The fourth-order valence-corrected chi connectivity index (χ4v) is 1.23. The van der Waals surface area contributed by atoms with Gasteiger partial charge >= 0.3 is 0 Å². The number of nitrogens with one attached hydrogen (secondary N) is 2. The third-order valence-electron chi connectivity index (χ3n) is 1.91. The van der Waals surface area contributed by atoms with E-state index in [0.29, 0.717) is 6.54 Å². The molecule has 0 unspecified atom stereocenters. The van der Waals surface area contributed by atoms with Crippen molar-refractivity contribution in [2.45, 2.75) is 19.9 Å². The highest BCUT2D eigenvalue weighted by molar-refractivity contribution is 5.75. The summed E-state index contributed by atoms with van der Waals surface area (Å²) in [5.74, 6) is -0.178. The predicted molar refractivity (Wildman–Crippen MR) is 54.5 cm³/mol. The van der Waals surface area contributed by atoms with Crippen molar-refractivity contribution >= 4 is 5.91 Å². The summed E-state index contributed by atoms with van der Waals surface area (Å²) in [6.45, 7) is 2.28. The highest BCUT2D eigenvalue weighted by atomic mass is 16.3. The number of carbonyl (C=O) groups excluding carboxylic acids is 1. The SMILES string of the molecule is Cc1cc(=O)n(CCC(=O)NCCO)[nH]1. The van der Waals surface area contributed by atoms with Crippen molar-refractivity contribution in [2.75, 3.05) is 13.2 Å². The molecule has 0 saturated carbocycles. The Bertz CT molecular complexity index is 380. The number of hydrogen-bond donors (Lipinski definition) is 3. The summed E-state index contributed by atoms with van der Waals surface area (Å²) in [6, 6.07) is 1.48. The molecule has 0 aliphatic rings. The second kappa shape index (κ2) is 5.35. The number of aromatic amines is 1. The van der Waals surface area contributed by atoms with Crippen molar-refractivity contribution in [3.8, 4) is 0 Å². The van der Waals surface area contributed by atoms with Crippen molar-refractivity contribution in [1.82, 2.24) is 15.1 Å². The molecular weight excluding hydrogens is 198 g/mol. The van der Waals surface area contributed by atoms with Crippen LogP contribution in [0.5, 0.6) is 0 Å². The summed E-state index contributed by atoms with van der Waals surface area (Å²) in [6.07, 6.45) is 0.222. The topological polar surface area (TPSA) is 87.1 Å². The third-order valence-corrected chi connectivity index (χ3v) is 1.91. The second-order valence-electron chi connectivity index (χ2n) is 3.25. The van der Waals surface area contributed by atoms with Gasteiger partial charge in [0.2, 0.25) is 5.91 Å². The molecule has 0 aromatic carbocycles. The first kappa shape index (κ1) is 11.5. The summed E-state index contributed by atoms with van der Waals surface area (Å²) in [5, 5.41) is 13.8. The number of aromatic nitrogens is 2. The lowest BCUT2D eigenvalue weighted by Crippen LogP contribution is -2.28. The van der Waals surface area contributed by atoms with Crippen molar-refractivity contribution < 1.29 is 9.90 Å². The van der Waals surface area contributed by atoms with Gasteiger partial charge in [-0.2, -0.15) is 0 Å². The number of amides is 1. The van der Waals surface area contributed by atoms with Gasteiger partial charge in [0.15, 0.2) is 0 Å². The molecule has 1 heterocycles. The number of aliphatic hydroxyl groups is 1. The molecular formula is C9H15N3O3. The van der Waals surface area contributed by atoms with Crippen LogP contribution in [0.4, 0.5) is 0 Å². The smallest absolute Gasteiger partial charge is 0.266 e. The Labute approximate surface area is 86.9 Å². The molecule has 15 heavy (non-hydrogen) atoms. The number of aryl methyl sites for hydroxylation is 2. The van der Waals surface area contributed by atoms with Gasteiger partial charge < -0.3 is 10.4 Å². The summed E-state index contributed by atoms with van der Waals surface area (Å²) < 4.78 is 1.38. The van der Waals surface area contributed by atoms with Crippen molar-refractivity contribution in [1.29, 1.82) is 0 Å². The average Bonchev–Trinajstić information content (AvgIpc) is 2.51. The largest absolute Gasteiger partial charge is 0.395 e. The maximum atomic E-state index is 11.2. The standard InChI is InChI=1S/C9H15N3O3/c1-7-6-9(15)12(11-7)4-2-8(14)10-3-5-13/h6,11,13H,2-5H2,1H3,(H,10,14). The van der Waals surface area contributed by atoms with Crippen LogP contribution in [-0.4, -0.2) is 33.9 Å². The number of carbonyl (C=O) groups is 1. The van der Waals surface area contributed by atoms with E-state index in [0.717, 1.165) is 5.69 Å². The minimum atomic E-state index is -0.178. The van der Waals surface area contributed by atoms with E-state index in [4.69, 9.17) is 5.11 Å². The normalized spacial score (nSPS) is 10.3. The van der Waals surface area contributed by atoms with Gasteiger partial charge in [-0.1, -0.05) is 0 Å². The van der Waals surface area contributed by atoms with Crippen LogP contribution in [0.1, 0.15) is 12.1 Å². The minimum Gasteiger partial charge on any atom is -0.395 e. The van der Waals surface area contributed by atoms with Gasteiger partial charge in [-0.15, -0.1) is 0 Å². The number of rotatable bonds is 5. The highest BCUT2D eigenvalue weighted by Gasteiger charge is 2.03. The van der Waals surface area contributed by atoms with Crippen molar-refractivity contribution in [3.05, 3.63) is 22.1 Å². The third kappa shape index (κ3) is 3.59. The summed E-state index contributed by atoms with van der Waals surface area (Å²) >= 11 is 0. The van der Waals surface area contributed by atoms with Crippen LogP contribution in [0.25, 0.3) is 0 Å². The Morgan fingerprint density at radius 1 is 1.67 bits per heavy atom. The molecule has 0 aliphatic heterocycles. The number of aliphatic hydroxyl groups excluding tert-OH is 1. The van der Waals surface area contributed by atoms with Crippen LogP contribution in [-0.2, 0) is 11.3 Å². The highest BCUT2D eigenvalue weighted by Crippen LogP contribution is 1.89. The van der Waals surface area contributed by atoms with E-state index in [1.165, 1.54) is 10.7 Å². The predicted octanol–water partition coefficient (Wildman–Crippen LogP) is -1.02. The Hall–Kier alpha value is -1.56. The Kier molecular flexibility index (Phi) is 4.11. The fourth-order valence-electron chi connectivity index (χ4n) is 1.23. The van der Waals surface area contributed by atoms with Gasteiger partial charge in [-0.05, 0) is 6.92 Å². The van der Waals surface area contributed by atoms with E-state index in [1.54, 1.807) is 6.92 Å². The molecule has 1 aromatic rings. The zero-order valence-electron chi connectivity index (χ0n) is 8.62. The lowest BCUT2D eigenvalue weighted by molar-refractivity contribution is -0.121. The molecule has 1 rings (SSSR count). The summed E-state index contributed by atoms with van der Waals surface area (Å²) in [5.41, 5.74) is 0.637. The molecule has 1 aromatic heterocycles. The van der Waals surface area contributed by atoms with Gasteiger partial charge in [0, 0.05) is 24.7 Å². The van der Waals surface area contributed by atoms with Crippen LogP contribution >= 0.6 is 0 Å². The Balaban J connectivity index is 2.40. The lowest BCUT2D eigenvalue weighted by Gasteiger charge is -2.03. The van der Waals surface area contributed by atoms with Crippen LogP contribution in [0.2, 0.25) is 0 Å². The monoisotopic (exact) mass is 213 g/mol. The molecule has 0 saturated heterocycles.